The number of carbonyl (C=O) groups excluding carboxylic acids is 1. The topological polar surface area (TPSA) is 113 Å². The van der Waals surface area contributed by atoms with E-state index in [4.69, 9.17) is 21.4 Å². The molecule has 176 valence electrons. The van der Waals surface area contributed by atoms with Gasteiger partial charge in [0.2, 0.25) is 0 Å². The van der Waals surface area contributed by atoms with Crippen LogP contribution in [0.2, 0.25) is 5.02 Å². The molecule has 1 heterocycles. The zero-order valence-electron chi connectivity index (χ0n) is 17.7. The van der Waals surface area contributed by atoms with Crippen LogP contribution in [0.25, 0.3) is 0 Å². The van der Waals surface area contributed by atoms with Gasteiger partial charge in [0.1, 0.15) is 16.5 Å². The molecule has 4 rings (SSSR count). The molecule has 1 aliphatic heterocycles. The Labute approximate surface area is 199 Å². The predicted molar refractivity (Wildman–Crippen MR) is 124 cm³/mol. The number of hydrogen-bond donors (Lipinski definition) is 2. The van der Waals surface area contributed by atoms with Crippen LogP contribution in [0.4, 0.5) is 15.8 Å². The fraction of sp³-hybridized carbons (Fsp3) is 0.130. The summed E-state index contributed by atoms with van der Waals surface area (Å²) in [6.45, 7) is 0.167. The second kappa shape index (κ2) is 8.96. The first-order chi connectivity index (χ1) is 16.1. The minimum absolute atomic E-state index is 0.0566. The Morgan fingerprint density at radius 2 is 1.88 bits per heavy atom. The summed E-state index contributed by atoms with van der Waals surface area (Å²) in [7, 11) is -2.69. The van der Waals surface area contributed by atoms with Crippen molar-refractivity contribution in [2.24, 2.45) is 0 Å². The van der Waals surface area contributed by atoms with Crippen molar-refractivity contribution in [1.29, 1.82) is 0 Å². The van der Waals surface area contributed by atoms with E-state index in [0.717, 1.165) is 17.7 Å². The minimum Gasteiger partial charge on any atom is -0.495 e. The molecule has 0 fully saturated rings. The van der Waals surface area contributed by atoms with E-state index in [1.807, 2.05) is 0 Å². The van der Waals surface area contributed by atoms with Crippen molar-refractivity contribution >= 4 is 44.9 Å². The molecule has 2 N–H and O–H groups in total. The lowest BCUT2D eigenvalue weighted by atomic mass is 10.1. The number of carbonyl (C=O) groups is 2. The summed E-state index contributed by atoms with van der Waals surface area (Å²) >= 11 is 6.02. The van der Waals surface area contributed by atoms with Crippen molar-refractivity contribution in [1.82, 2.24) is 0 Å². The number of halogens is 2. The molecule has 8 nitrogen and oxygen atoms in total. The molecule has 11 heteroatoms. The van der Waals surface area contributed by atoms with Crippen molar-refractivity contribution in [3.63, 3.8) is 0 Å². The molecule has 3 aromatic rings. The zero-order chi connectivity index (χ0) is 24.6. The highest BCUT2D eigenvalue weighted by Crippen LogP contribution is 2.37. The van der Waals surface area contributed by atoms with E-state index in [9.17, 15) is 22.4 Å². The van der Waals surface area contributed by atoms with Crippen LogP contribution in [0.5, 0.6) is 5.75 Å². The number of nitrogens with zero attached hydrogens (tertiary/aromatic N) is 1. The maximum atomic E-state index is 13.9. The summed E-state index contributed by atoms with van der Waals surface area (Å²) in [6.07, 6.45) is 0.446. The number of anilines is 2. The summed E-state index contributed by atoms with van der Waals surface area (Å²) < 4.78 is 47.2. The second-order valence-electron chi connectivity index (χ2n) is 7.42. The number of aromatic carboxylic acids is 1. The highest BCUT2D eigenvalue weighted by Gasteiger charge is 2.33. The fourth-order valence-electron chi connectivity index (χ4n) is 3.68. The van der Waals surface area contributed by atoms with Gasteiger partial charge in [-0.1, -0.05) is 17.7 Å². The summed E-state index contributed by atoms with van der Waals surface area (Å²) in [5.41, 5.74) is 0.746. The molecular weight excluding hydrogens is 487 g/mol. The Hall–Kier alpha value is -3.63. The quantitative estimate of drug-likeness (QED) is 0.520. The SMILES string of the molecule is COc1ccc(Cl)cc1S(=O)(=O)N1CCc2ccc(C(=O)Nc3ccc(C(=O)O)c(F)c3)cc21. The van der Waals surface area contributed by atoms with Crippen LogP contribution < -0.4 is 14.4 Å². The molecular formula is C23H18ClFN2O6S. The lowest BCUT2D eigenvalue weighted by Gasteiger charge is -2.21. The number of benzene rings is 3. The molecule has 34 heavy (non-hydrogen) atoms. The number of ether oxygens (including phenoxy) is 1. The lowest BCUT2D eigenvalue weighted by Crippen LogP contribution is -2.29. The van der Waals surface area contributed by atoms with Crippen molar-refractivity contribution < 1.29 is 32.2 Å². The number of sulfonamides is 1. The average molecular weight is 505 g/mol. The van der Waals surface area contributed by atoms with Gasteiger partial charge in [-0.2, -0.15) is 0 Å². The van der Waals surface area contributed by atoms with Crippen LogP contribution in [0, 0.1) is 5.82 Å². The second-order valence-corrected chi connectivity index (χ2v) is 9.69. The van der Waals surface area contributed by atoms with E-state index < -0.39 is 33.3 Å². The molecule has 3 aromatic carbocycles. The van der Waals surface area contributed by atoms with Gasteiger partial charge >= 0.3 is 5.97 Å². The van der Waals surface area contributed by atoms with Crippen LogP contribution >= 0.6 is 11.6 Å². The molecule has 0 unspecified atom stereocenters. The number of carboxylic acid groups (broad SMARTS) is 1. The first kappa shape index (κ1) is 23.5. The monoisotopic (exact) mass is 504 g/mol. The molecule has 0 atom stereocenters. The molecule has 0 spiro atoms. The highest BCUT2D eigenvalue weighted by molar-refractivity contribution is 7.93. The van der Waals surface area contributed by atoms with E-state index in [2.05, 4.69) is 5.32 Å². The Bertz CT molecular complexity index is 1430. The van der Waals surface area contributed by atoms with E-state index in [1.54, 1.807) is 6.07 Å². The first-order valence-corrected chi connectivity index (χ1v) is 11.8. The van der Waals surface area contributed by atoms with Gasteiger partial charge in [-0.3, -0.25) is 9.10 Å². The van der Waals surface area contributed by atoms with Crippen LogP contribution in [-0.4, -0.2) is 39.1 Å². The number of rotatable bonds is 6. The standard InChI is InChI=1S/C23H18ClFN2O6S/c1-33-20-7-4-15(24)11-21(20)34(31,32)27-9-8-13-2-3-14(10-19(13)27)22(28)26-16-5-6-17(23(29)30)18(25)12-16/h2-7,10-12H,8-9H2,1H3,(H,26,28)(H,29,30). The molecule has 0 aromatic heterocycles. The van der Waals surface area contributed by atoms with Gasteiger partial charge in [0.25, 0.3) is 15.9 Å². The first-order valence-electron chi connectivity index (χ1n) is 9.95. The third kappa shape index (κ3) is 4.29. The molecule has 0 aliphatic carbocycles. The minimum atomic E-state index is -4.05. The van der Waals surface area contributed by atoms with Crippen molar-refractivity contribution in [3.05, 3.63) is 82.1 Å². The molecule has 0 saturated carbocycles. The lowest BCUT2D eigenvalue weighted by molar-refractivity contribution is 0.0691. The fourth-order valence-corrected chi connectivity index (χ4v) is 5.60. The number of nitrogens with one attached hydrogen (secondary N) is 1. The molecule has 0 saturated heterocycles. The van der Waals surface area contributed by atoms with E-state index in [1.165, 1.54) is 47.8 Å². The normalized spacial score (nSPS) is 12.9. The van der Waals surface area contributed by atoms with Gasteiger partial charge in [-0.25, -0.2) is 17.6 Å². The molecule has 0 radical (unpaired) electrons. The molecule has 1 aliphatic rings. The van der Waals surface area contributed by atoms with E-state index in [-0.39, 0.29) is 33.5 Å². The number of carboxylic acids is 1. The van der Waals surface area contributed by atoms with Crippen LogP contribution in [-0.2, 0) is 16.4 Å². The Morgan fingerprint density at radius 3 is 2.56 bits per heavy atom. The Balaban J connectivity index is 1.65. The number of methoxy groups -OCH3 is 1. The maximum Gasteiger partial charge on any atom is 0.338 e. The highest BCUT2D eigenvalue weighted by atomic mass is 35.5. The van der Waals surface area contributed by atoms with E-state index in [0.29, 0.717) is 12.1 Å². The smallest absolute Gasteiger partial charge is 0.338 e. The van der Waals surface area contributed by atoms with E-state index >= 15 is 0 Å². The van der Waals surface area contributed by atoms with Gasteiger partial charge < -0.3 is 15.2 Å². The summed E-state index contributed by atoms with van der Waals surface area (Å²) in [5.74, 6) is -2.90. The Kier molecular flexibility index (Phi) is 6.20. The van der Waals surface area contributed by atoms with Gasteiger partial charge in [0.05, 0.1) is 18.4 Å². The summed E-state index contributed by atoms with van der Waals surface area (Å²) in [5, 5.41) is 11.7. The molecule has 1 amide bonds. The van der Waals surface area contributed by atoms with Crippen molar-refractivity contribution in [3.8, 4) is 5.75 Å². The number of amides is 1. The van der Waals surface area contributed by atoms with Crippen LogP contribution in [0.3, 0.4) is 0 Å². The largest absolute Gasteiger partial charge is 0.495 e. The molecule has 0 bridgehead atoms. The Morgan fingerprint density at radius 1 is 1.12 bits per heavy atom. The van der Waals surface area contributed by atoms with Gasteiger partial charge in [0.15, 0.2) is 0 Å². The van der Waals surface area contributed by atoms with Crippen molar-refractivity contribution in [2.75, 3.05) is 23.3 Å². The number of hydrogen-bond acceptors (Lipinski definition) is 5. The third-order valence-electron chi connectivity index (χ3n) is 5.35. The average Bonchev–Trinajstić information content (AvgIpc) is 3.23. The van der Waals surface area contributed by atoms with Gasteiger partial charge in [-0.15, -0.1) is 0 Å². The van der Waals surface area contributed by atoms with Gasteiger partial charge in [0, 0.05) is 22.8 Å². The summed E-state index contributed by atoms with van der Waals surface area (Å²) in [4.78, 5) is 23.6. The zero-order valence-corrected chi connectivity index (χ0v) is 19.3. The van der Waals surface area contributed by atoms with Gasteiger partial charge in [-0.05, 0) is 60.5 Å². The van der Waals surface area contributed by atoms with Crippen LogP contribution in [0.15, 0.2) is 59.5 Å². The third-order valence-corrected chi connectivity index (χ3v) is 7.42. The number of fused-ring (bicyclic) bond motifs is 1. The summed E-state index contributed by atoms with van der Waals surface area (Å²) in [6, 6.07) is 12.1. The maximum absolute atomic E-state index is 13.9. The predicted octanol–water partition coefficient (Wildman–Crippen LogP) is 4.19. The van der Waals surface area contributed by atoms with Crippen molar-refractivity contribution in [2.45, 2.75) is 11.3 Å². The van der Waals surface area contributed by atoms with Crippen LogP contribution in [0.1, 0.15) is 26.3 Å².